The van der Waals surface area contributed by atoms with Crippen LogP contribution in [0.2, 0.25) is 0 Å². The van der Waals surface area contributed by atoms with Gasteiger partial charge in [0.1, 0.15) is 5.82 Å². The maximum absolute atomic E-state index is 13.1. The van der Waals surface area contributed by atoms with Gasteiger partial charge < -0.3 is 15.7 Å². The van der Waals surface area contributed by atoms with Gasteiger partial charge in [-0.2, -0.15) is 0 Å². The minimum atomic E-state index is -2.73. The molecule has 19 heavy (non-hydrogen) atoms. The van der Waals surface area contributed by atoms with Crippen LogP contribution in [0.1, 0.15) is 10.4 Å². The van der Waals surface area contributed by atoms with Gasteiger partial charge in [-0.1, -0.05) is 0 Å². The fourth-order valence-corrected chi connectivity index (χ4v) is 1.95. The molecule has 0 unspecified atom stereocenters. The monoisotopic (exact) mass is 340 g/mol. The smallest absolute Gasteiger partial charge is 0.255 e. The summed E-state index contributed by atoms with van der Waals surface area (Å²) in [5.41, 5.74) is 5.05. The minimum absolute atomic E-state index is 0.0343. The van der Waals surface area contributed by atoms with Crippen LogP contribution in [-0.2, 0) is 0 Å². The molecule has 0 aliphatic rings. The lowest BCUT2D eigenvalue weighted by atomic mass is 10.1. The Kier molecular flexibility index (Phi) is 5.61. The predicted octanol–water partition coefficient (Wildman–Crippen LogP) is 1.87. The van der Waals surface area contributed by atoms with Crippen LogP contribution in [0, 0.1) is 5.82 Å². The van der Waals surface area contributed by atoms with Crippen molar-refractivity contribution < 1.29 is 23.1 Å². The number of carbonyl (C=O) groups is 1. The van der Waals surface area contributed by atoms with Crippen LogP contribution in [0.3, 0.4) is 0 Å². The van der Waals surface area contributed by atoms with Gasteiger partial charge in [0.2, 0.25) is 0 Å². The van der Waals surface area contributed by atoms with E-state index >= 15 is 0 Å². The van der Waals surface area contributed by atoms with E-state index in [1.165, 1.54) is 0 Å². The van der Waals surface area contributed by atoms with Crippen molar-refractivity contribution in [1.82, 2.24) is 4.90 Å². The van der Waals surface area contributed by atoms with E-state index in [2.05, 4.69) is 15.9 Å². The molecule has 8 heteroatoms. The molecule has 1 amide bonds. The van der Waals surface area contributed by atoms with Crippen molar-refractivity contribution in [3.05, 3.63) is 28.0 Å². The van der Waals surface area contributed by atoms with Gasteiger partial charge in [0, 0.05) is 11.0 Å². The number of hydrogen-bond acceptors (Lipinski definition) is 3. The topological polar surface area (TPSA) is 66.6 Å². The Morgan fingerprint density at radius 2 is 2.11 bits per heavy atom. The number of hydrogen-bond donors (Lipinski definition) is 2. The average molecular weight is 341 g/mol. The highest BCUT2D eigenvalue weighted by Crippen LogP contribution is 2.24. The molecule has 106 valence electrons. The van der Waals surface area contributed by atoms with E-state index in [9.17, 15) is 18.0 Å². The first-order chi connectivity index (χ1) is 8.86. The maximum Gasteiger partial charge on any atom is 0.255 e. The number of halogens is 4. The van der Waals surface area contributed by atoms with Gasteiger partial charge in [-0.15, -0.1) is 0 Å². The van der Waals surface area contributed by atoms with Gasteiger partial charge in [0.15, 0.2) is 0 Å². The second kappa shape index (κ2) is 6.76. The summed E-state index contributed by atoms with van der Waals surface area (Å²) in [6.45, 7) is -1.51. The average Bonchev–Trinajstić information content (AvgIpc) is 2.32. The molecule has 0 aromatic heterocycles. The van der Waals surface area contributed by atoms with Gasteiger partial charge in [-0.25, -0.2) is 13.2 Å². The first-order valence-corrected chi connectivity index (χ1v) is 6.09. The molecule has 1 aromatic rings. The highest BCUT2D eigenvalue weighted by atomic mass is 79.9. The molecule has 0 aliphatic heterocycles. The van der Waals surface area contributed by atoms with Crippen molar-refractivity contribution in [2.75, 3.05) is 25.4 Å². The molecule has 4 nitrogen and oxygen atoms in total. The third kappa shape index (κ3) is 4.10. The molecule has 0 atom stereocenters. The number of amides is 1. The Balaban J connectivity index is 3.05. The minimum Gasteiger partial charge on any atom is -0.396 e. The molecular weight excluding hydrogens is 329 g/mol. The van der Waals surface area contributed by atoms with Gasteiger partial charge in [-0.05, 0) is 28.1 Å². The van der Waals surface area contributed by atoms with E-state index in [1.54, 1.807) is 0 Å². The van der Waals surface area contributed by atoms with E-state index in [4.69, 9.17) is 10.8 Å². The van der Waals surface area contributed by atoms with Crippen molar-refractivity contribution in [1.29, 1.82) is 0 Å². The molecule has 3 N–H and O–H groups in total. The van der Waals surface area contributed by atoms with E-state index < -0.39 is 31.3 Å². The van der Waals surface area contributed by atoms with E-state index in [0.29, 0.717) is 0 Å². The van der Waals surface area contributed by atoms with Crippen LogP contribution < -0.4 is 5.73 Å². The molecule has 0 bridgehead atoms. The summed E-state index contributed by atoms with van der Waals surface area (Å²) < 4.78 is 38.0. The predicted molar refractivity (Wildman–Crippen MR) is 67.5 cm³/mol. The SMILES string of the molecule is Nc1cc(C(=O)N(CCO)CC(F)F)c(Br)cc1F. The van der Waals surface area contributed by atoms with Crippen molar-refractivity contribution in [3.8, 4) is 0 Å². The number of nitrogen functional groups attached to an aromatic ring is 1. The van der Waals surface area contributed by atoms with Crippen LogP contribution in [0.4, 0.5) is 18.9 Å². The first-order valence-electron chi connectivity index (χ1n) is 5.29. The molecule has 0 radical (unpaired) electrons. The lowest BCUT2D eigenvalue weighted by Crippen LogP contribution is -2.37. The number of carbonyl (C=O) groups excluding carboxylic acids is 1. The van der Waals surface area contributed by atoms with Crippen LogP contribution in [0.15, 0.2) is 16.6 Å². The number of nitrogens with zero attached hydrogens (tertiary/aromatic N) is 1. The number of rotatable bonds is 5. The lowest BCUT2D eigenvalue weighted by Gasteiger charge is -2.22. The molecule has 0 aliphatic carbocycles. The fourth-order valence-electron chi connectivity index (χ4n) is 1.46. The van der Waals surface area contributed by atoms with Gasteiger partial charge >= 0.3 is 0 Å². The Hall–Kier alpha value is -1.28. The third-order valence-corrected chi connectivity index (χ3v) is 2.99. The number of aliphatic hydroxyl groups excluding tert-OH is 1. The summed E-state index contributed by atoms with van der Waals surface area (Å²) >= 11 is 2.97. The van der Waals surface area contributed by atoms with Crippen LogP contribution >= 0.6 is 15.9 Å². The van der Waals surface area contributed by atoms with E-state index in [1.807, 2.05) is 0 Å². The highest BCUT2D eigenvalue weighted by molar-refractivity contribution is 9.10. The van der Waals surface area contributed by atoms with Crippen molar-refractivity contribution in [2.24, 2.45) is 0 Å². The number of alkyl halides is 2. The van der Waals surface area contributed by atoms with E-state index in [-0.39, 0.29) is 22.3 Å². The van der Waals surface area contributed by atoms with Crippen LogP contribution in [0.5, 0.6) is 0 Å². The fraction of sp³-hybridized carbons (Fsp3) is 0.364. The summed E-state index contributed by atoms with van der Waals surface area (Å²) in [4.78, 5) is 12.8. The molecule has 0 fully saturated rings. The number of aliphatic hydroxyl groups is 1. The summed E-state index contributed by atoms with van der Waals surface area (Å²) in [7, 11) is 0. The third-order valence-electron chi connectivity index (χ3n) is 2.33. The number of nitrogens with two attached hydrogens (primary N) is 1. The summed E-state index contributed by atoms with van der Waals surface area (Å²) in [6.07, 6.45) is -2.73. The number of benzene rings is 1. The molecule has 0 heterocycles. The molecule has 1 rings (SSSR count). The maximum atomic E-state index is 13.1. The Morgan fingerprint density at radius 1 is 1.47 bits per heavy atom. The Bertz CT molecular complexity index is 471. The molecule has 1 aromatic carbocycles. The normalized spacial score (nSPS) is 10.8. The largest absolute Gasteiger partial charge is 0.396 e. The Labute approximate surface area is 116 Å². The lowest BCUT2D eigenvalue weighted by molar-refractivity contribution is 0.0508. The molecule has 0 spiro atoms. The van der Waals surface area contributed by atoms with Crippen LogP contribution in [-0.4, -0.2) is 42.0 Å². The van der Waals surface area contributed by atoms with Crippen molar-refractivity contribution in [2.45, 2.75) is 6.43 Å². The standard InChI is InChI=1S/C11H12BrF3N2O2/c12-7-4-8(13)9(16)3-6(7)11(19)17(1-2-18)5-10(14)15/h3-4,10,18H,1-2,5,16H2. The summed E-state index contributed by atoms with van der Waals surface area (Å²) in [6, 6.07) is 2.06. The van der Waals surface area contributed by atoms with Crippen LogP contribution in [0.25, 0.3) is 0 Å². The molecule has 0 saturated carbocycles. The highest BCUT2D eigenvalue weighted by Gasteiger charge is 2.22. The molecule has 0 saturated heterocycles. The van der Waals surface area contributed by atoms with Gasteiger partial charge in [0.25, 0.3) is 12.3 Å². The zero-order chi connectivity index (χ0) is 14.6. The second-order valence-electron chi connectivity index (χ2n) is 3.72. The van der Waals surface area contributed by atoms with Gasteiger partial charge in [-0.3, -0.25) is 4.79 Å². The summed E-state index contributed by atoms with van der Waals surface area (Å²) in [5, 5.41) is 8.78. The number of anilines is 1. The van der Waals surface area contributed by atoms with E-state index in [0.717, 1.165) is 17.0 Å². The second-order valence-corrected chi connectivity index (χ2v) is 4.57. The van der Waals surface area contributed by atoms with Crippen molar-refractivity contribution in [3.63, 3.8) is 0 Å². The first kappa shape index (κ1) is 15.8. The quantitative estimate of drug-likeness (QED) is 0.804. The zero-order valence-corrected chi connectivity index (χ0v) is 11.3. The summed E-state index contributed by atoms with van der Waals surface area (Å²) in [5.74, 6) is -1.47. The molecular formula is C11H12BrF3N2O2. The zero-order valence-electron chi connectivity index (χ0n) is 9.75. The van der Waals surface area contributed by atoms with Crippen molar-refractivity contribution >= 4 is 27.5 Å². The van der Waals surface area contributed by atoms with Gasteiger partial charge in [0.05, 0.1) is 24.4 Å². The Morgan fingerprint density at radius 3 is 2.63 bits per heavy atom.